The summed E-state index contributed by atoms with van der Waals surface area (Å²) in [6, 6.07) is 0. The molecule has 2 unspecified atom stereocenters. The van der Waals surface area contributed by atoms with Gasteiger partial charge in [0.25, 0.3) is 0 Å². The molecule has 0 bridgehead atoms. The molecule has 1 nitrogen and oxygen atoms in total. The highest BCUT2D eigenvalue weighted by Gasteiger charge is 2.23. The molecular weight excluding hydrogens is 212 g/mol. The van der Waals surface area contributed by atoms with E-state index in [0.717, 1.165) is 17.2 Å². The summed E-state index contributed by atoms with van der Waals surface area (Å²) in [7, 11) is 0. The van der Waals surface area contributed by atoms with E-state index in [4.69, 9.17) is 4.74 Å². The average molecular weight is 225 g/mol. The maximum Gasteiger partial charge on any atom is 0.0666 e. The Labute approximate surface area is 75.0 Å². The van der Waals surface area contributed by atoms with E-state index in [-0.39, 0.29) is 0 Å². The van der Waals surface area contributed by atoms with Crippen LogP contribution in [-0.4, -0.2) is 29.0 Å². The largest absolute Gasteiger partial charge is 0.377 e. The number of ether oxygens (including phenoxy) is 1. The second kappa shape index (κ2) is 4.62. The van der Waals surface area contributed by atoms with Crippen molar-refractivity contribution in [2.75, 3.05) is 17.7 Å². The molecule has 1 fully saturated rings. The van der Waals surface area contributed by atoms with Crippen molar-refractivity contribution >= 4 is 27.7 Å². The first kappa shape index (κ1) is 8.88. The molecular formula is C7H13BrOS. The van der Waals surface area contributed by atoms with Crippen molar-refractivity contribution in [3.8, 4) is 0 Å². The van der Waals surface area contributed by atoms with Crippen LogP contribution >= 0.6 is 27.7 Å². The minimum atomic E-state index is 0.476. The lowest BCUT2D eigenvalue weighted by Gasteiger charge is -2.11. The highest BCUT2D eigenvalue weighted by atomic mass is 79.9. The lowest BCUT2D eigenvalue weighted by atomic mass is 10.3. The van der Waals surface area contributed by atoms with Crippen molar-refractivity contribution < 1.29 is 4.74 Å². The van der Waals surface area contributed by atoms with Gasteiger partial charge < -0.3 is 4.74 Å². The predicted molar refractivity (Wildman–Crippen MR) is 50.1 cm³/mol. The van der Waals surface area contributed by atoms with Gasteiger partial charge in [0.2, 0.25) is 0 Å². The van der Waals surface area contributed by atoms with Crippen molar-refractivity contribution in [2.24, 2.45) is 0 Å². The first-order valence-electron chi connectivity index (χ1n) is 3.63. The summed E-state index contributed by atoms with van der Waals surface area (Å²) in [6.07, 6.45) is 1.71. The SMILES string of the molecule is CC1OCCC1SCCBr. The van der Waals surface area contributed by atoms with Gasteiger partial charge in [0.05, 0.1) is 6.10 Å². The van der Waals surface area contributed by atoms with Gasteiger partial charge in [-0.1, -0.05) is 15.9 Å². The summed E-state index contributed by atoms with van der Waals surface area (Å²) in [5, 5.41) is 1.85. The molecule has 0 radical (unpaired) electrons. The lowest BCUT2D eigenvalue weighted by Crippen LogP contribution is -2.13. The third-order valence-electron chi connectivity index (χ3n) is 1.72. The fourth-order valence-electron chi connectivity index (χ4n) is 1.13. The summed E-state index contributed by atoms with van der Waals surface area (Å²) >= 11 is 5.44. The topological polar surface area (TPSA) is 9.23 Å². The van der Waals surface area contributed by atoms with Gasteiger partial charge in [0, 0.05) is 22.9 Å². The third kappa shape index (κ3) is 2.44. The smallest absolute Gasteiger partial charge is 0.0666 e. The minimum Gasteiger partial charge on any atom is -0.377 e. The van der Waals surface area contributed by atoms with Crippen molar-refractivity contribution in [2.45, 2.75) is 24.7 Å². The molecule has 0 spiro atoms. The minimum absolute atomic E-state index is 0.476. The summed E-state index contributed by atoms with van der Waals surface area (Å²) in [6.45, 7) is 3.13. The van der Waals surface area contributed by atoms with E-state index in [1.807, 2.05) is 11.8 Å². The van der Waals surface area contributed by atoms with Crippen LogP contribution in [0.25, 0.3) is 0 Å². The Morgan fingerprint density at radius 3 is 3.00 bits per heavy atom. The second-order valence-corrected chi connectivity index (χ2v) is 4.60. The Morgan fingerprint density at radius 2 is 2.50 bits per heavy atom. The van der Waals surface area contributed by atoms with Crippen LogP contribution in [0.3, 0.4) is 0 Å². The zero-order valence-corrected chi connectivity index (χ0v) is 8.58. The second-order valence-electron chi connectivity index (χ2n) is 2.46. The maximum atomic E-state index is 5.43. The molecule has 1 saturated heterocycles. The number of halogens is 1. The van der Waals surface area contributed by atoms with E-state index in [1.54, 1.807) is 0 Å². The number of hydrogen-bond acceptors (Lipinski definition) is 2. The Hall–Kier alpha value is 0.790. The first-order chi connectivity index (χ1) is 4.84. The predicted octanol–water partition coefficient (Wildman–Crippen LogP) is 2.29. The van der Waals surface area contributed by atoms with E-state index in [9.17, 15) is 0 Å². The van der Waals surface area contributed by atoms with Crippen LogP contribution in [0.1, 0.15) is 13.3 Å². The number of thioether (sulfide) groups is 1. The van der Waals surface area contributed by atoms with E-state index < -0.39 is 0 Å². The zero-order valence-electron chi connectivity index (χ0n) is 6.18. The van der Waals surface area contributed by atoms with Crippen molar-refractivity contribution in [1.29, 1.82) is 0 Å². The Bertz CT molecular complexity index is 99.6. The molecule has 60 valence electrons. The lowest BCUT2D eigenvalue weighted by molar-refractivity contribution is 0.127. The van der Waals surface area contributed by atoms with Crippen LogP contribution in [0, 0.1) is 0 Å². The number of hydrogen-bond donors (Lipinski definition) is 0. The molecule has 0 aromatic carbocycles. The molecule has 1 aliphatic heterocycles. The Kier molecular flexibility index (Phi) is 4.11. The molecule has 10 heavy (non-hydrogen) atoms. The van der Waals surface area contributed by atoms with Crippen LogP contribution in [-0.2, 0) is 4.74 Å². The molecule has 0 N–H and O–H groups in total. The molecule has 0 amide bonds. The molecule has 1 heterocycles. The maximum absolute atomic E-state index is 5.43. The summed E-state index contributed by atoms with van der Waals surface area (Å²) in [5.74, 6) is 1.21. The van der Waals surface area contributed by atoms with E-state index >= 15 is 0 Å². The molecule has 0 saturated carbocycles. The number of rotatable bonds is 3. The van der Waals surface area contributed by atoms with Gasteiger partial charge in [-0.3, -0.25) is 0 Å². The highest BCUT2D eigenvalue weighted by Crippen LogP contribution is 2.25. The van der Waals surface area contributed by atoms with Gasteiger partial charge in [-0.2, -0.15) is 11.8 Å². The van der Waals surface area contributed by atoms with Crippen molar-refractivity contribution in [3.05, 3.63) is 0 Å². The standard InChI is InChI=1S/C7H13BrOS/c1-6-7(2-4-9-6)10-5-3-8/h6-7H,2-5H2,1H3. The monoisotopic (exact) mass is 224 g/mol. The summed E-state index contributed by atoms with van der Waals surface area (Å²) < 4.78 is 5.43. The van der Waals surface area contributed by atoms with Crippen LogP contribution in [0.2, 0.25) is 0 Å². The Morgan fingerprint density at radius 1 is 1.70 bits per heavy atom. The van der Waals surface area contributed by atoms with Crippen LogP contribution in [0.5, 0.6) is 0 Å². The van der Waals surface area contributed by atoms with Gasteiger partial charge in [0.1, 0.15) is 0 Å². The molecule has 0 aromatic heterocycles. The van der Waals surface area contributed by atoms with Crippen LogP contribution in [0.15, 0.2) is 0 Å². The highest BCUT2D eigenvalue weighted by molar-refractivity contribution is 9.09. The Balaban J connectivity index is 2.14. The zero-order chi connectivity index (χ0) is 7.40. The quantitative estimate of drug-likeness (QED) is 0.681. The van der Waals surface area contributed by atoms with Crippen LogP contribution < -0.4 is 0 Å². The van der Waals surface area contributed by atoms with Crippen molar-refractivity contribution in [3.63, 3.8) is 0 Å². The van der Waals surface area contributed by atoms with Crippen LogP contribution in [0.4, 0.5) is 0 Å². The normalized spacial score (nSPS) is 33.0. The van der Waals surface area contributed by atoms with Gasteiger partial charge in [-0.15, -0.1) is 0 Å². The summed E-state index contributed by atoms with van der Waals surface area (Å²) in [5.41, 5.74) is 0. The van der Waals surface area contributed by atoms with Gasteiger partial charge in [0.15, 0.2) is 0 Å². The molecule has 1 aliphatic rings. The summed E-state index contributed by atoms with van der Waals surface area (Å²) in [4.78, 5) is 0. The molecule has 2 atom stereocenters. The van der Waals surface area contributed by atoms with Crippen molar-refractivity contribution in [1.82, 2.24) is 0 Å². The van der Waals surface area contributed by atoms with E-state index in [2.05, 4.69) is 22.9 Å². The average Bonchev–Trinajstić information content (AvgIpc) is 2.31. The third-order valence-corrected chi connectivity index (χ3v) is 4.12. The van der Waals surface area contributed by atoms with E-state index in [0.29, 0.717) is 6.10 Å². The fourth-order valence-corrected chi connectivity index (χ4v) is 2.69. The molecule has 0 aromatic rings. The molecule has 3 heteroatoms. The first-order valence-corrected chi connectivity index (χ1v) is 5.81. The number of alkyl halides is 1. The van der Waals surface area contributed by atoms with Gasteiger partial charge >= 0.3 is 0 Å². The van der Waals surface area contributed by atoms with Gasteiger partial charge in [-0.25, -0.2) is 0 Å². The molecule has 0 aliphatic carbocycles. The van der Waals surface area contributed by atoms with Gasteiger partial charge in [-0.05, 0) is 13.3 Å². The fraction of sp³-hybridized carbons (Fsp3) is 1.00. The molecule has 1 rings (SSSR count). The van der Waals surface area contributed by atoms with E-state index in [1.165, 1.54) is 12.2 Å².